The van der Waals surface area contributed by atoms with E-state index in [2.05, 4.69) is 31.0 Å². The normalized spacial score (nSPS) is 29.7. The second-order valence-corrected chi connectivity index (χ2v) is 3.68. The van der Waals surface area contributed by atoms with Gasteiger partial charge in [0.25, 0.3) is 0 Å². The van der Waals surface area contributed by atoms with E-state index in [9.17, 15) is 0 Å². The molecule has 0 saturated carbocycles. The van der Waals surface area contributed by atoms with Crippen molar-refractivity contribution >= 4 is 0 Å². The van der Waals surface area contributed by atoms with Crippen molar-refractivity contribution in [2.45, 2.75) is 26.4 Å². The molecule has 1 N–H and O–H groups in total. The van der Waals surface area contributed by atoms with Crippen molar-refractivity contribution < 1.29 is 6.16 Å². The zero-order chi connectivity index (χ0) is 9.03. The SMILES string of the molecule is CC(C)C#CC1(C)CNCCO1.[HH]. The highest BCUT2D eigenvalue weighted by molar-refractivity contribution is 5.15. The van der Waals surface area contributed by atoms with Gasteiger partial charge in [-0.2, -0.15) is 0 Å². The minimum Gasteiger partial charge on any atom is -0.360 e. The third kappa shape index (κ3) is 2.84. The van der Waals surface area contributed by atoms with Crippen LogP contribution in [0.3, 0.4) is 0 Å². The summed E-state index contributed by atoms with van der Waals surface area (Å²) in [5, 5.41) is 3.27. The molecule has 0 aromatic rings. The maximum absolute atomic E-state index is 5.58. The molecule has 0 radical (unpaired) electrons. The summed E-state index contributed by atoms with van der Waals surface area (Å²) in [4.78, 5) is 0. The molecule has 1 atom stereocenters. The average molecular weight is 169 g/mol. The van der Waals surface area contributed by atoms with Gasteiger partial charge in [-0.05, 0) is 6.92 Å². The first-order chi connectivity index (χ1) is 5.62. The van der Waals surface area contributed by atoms with E-state index < -0.39 is 0 Å². The first kappa shape index (κ1) is 9.57. The van der Waals surface area contributed by atoms with Crippen molar-refractivity contribution in [3.05, 3.63) is 0 Å². The van der Waals surface area contributed by atoms with Crippen LogP contribution in [0.15, 0.2) is 0 Å². The summed E-state index contributed by atoms with van der Waals surface area (Å²) >= 11 is 0. The molecule has 0 spiro atoms. The largest absolute Gasteiger partial charge is 0.360 e. The minimum absolute atomic E-state index is 0. The molecule has 1 aliphatic heterocycles. The fourth-order valence-corrected chi connectivity index (χ4v) is 1.10. The van der Waals surface area contributed by atoms with Crippen molar-refractivity contribution in [2.75, 3.05) is 19.7 Å². The molecule has 0 aromatic carbocycles. The summed E-state index contributed by atoms with van der Waals surface area (Å²) in [6.07, 6.45) is 0. The fourth-order valence-electron chi connectivity index (χ4n) is 1.10. The second kappa shape index (κ2) is 3.93. The average Bonchev–Trinajstić information content (AvgIpc) is 2.03. The lowest BCUT2D eigenvalue weighted by atomic mass is 10.1. The summed E-state index contributed by atoms with van der Waals surface area (Å²) in [5.41, 5.74) is -0.261. The molecule has 1 saturated heterocycles. The topological polar surface area (TPSA) is 21.3 Å². The molecular weight excluding hydrogens is 150 g/mol. The third-order valence-electron chi connectivity index (χ3n) is 1.79. The Hall–Kier alpha value is -0.520. The predicted octanol–water partition coefficient (Wildman–Crippen LogP) is 1.27. The maximum Gasteiger partial charge on any atom is 0.138 e. The molecule has 1 aliphatic rings. The van der Waals surface area contributed by atoms with Crippen LogP contribution >= 0.6 is 0 Å². The van der Waals surface area contributed by atoms with Gasteiger partial charge < -0.3 is 10.1 Å². The zero-order valence-electron chi connectivity index (χ0n) is 8.11. The Morgan fingerprint density at radius 3 is 2.83 bits per heavy atom. The second-order valence-electron chi connectivity index (χ2n) is 3.68. The van der Waals surface area contributed by atoms with E-state index >= 15 is 0 Å². The molecule has 2 heteroatoms. The van der Waals surface area contributed by atoms with Gasteiger partial charge in [-0.3, -0.25) is 0 Å². The Morgan fingerprint density at radius 2 is 2.33 bits per heavy atom. The smallest absolute Gasteiger partial charge is 0.138 e. The van der Waals surface area contributed by atoms with Crippen molar-refractivity contribution in [2.24, 2.45) is 5.92 Å². The third-order valence-corrected chi connectivity index (χ3v) is 1.79. The van der Waals surface area contributed by atoms with Crippen LogP contribution in [0.25, 0.3) is 0 Å². The van der Waals surface area contributed by atoms with E-state index in [4.69, 9.17) is 4.74 Å². The number of ether oxygens (including phenoxy) is 1. The lowest BCUT2D eigenvalue weighted by Gasteiger charge is -2.29. The molecule has 1 rings (SSSR count). The molecule has 0 aromatic heterocycles. The van der Waals surface area contributed by atoms with Crippen LogP contribution in [-0.2, 0) is 4.74 Å². The van der Waals surface area contributed by atoms with E-state index in [1.165, 1.54) is 0 Å². The van der Waals surface area contributed by atoms with E-state index in [1.54, 1.807) is 0 Å². The number of hydrogen-bond acceptors (Lipinski definition) is 2. The van der Waals surface area contributed by atoms with Gasteiger partial charge in [-0.1, -0.05) is 25.7 Å². The molecule has 2 nitrogen and oxygen atoms in total. The van der Waals surface area contributed by atoms with E-state index in [0.29, 0.717) is 5.92 Å². The first-order valence-electron chi connectivity index (χ1n) is 4.50. The first-order valence-corrected chi connectivity index (χ1v) is 4.50. The van der Waals surface area contributed by atoms with Crippen molar-refractivity contribution in [1.29, 1.82) is 0 Å². The Labute approximate surface area is 76.2 Å². The van der Waals surface area contributed by atoms with Gasteiger partial charge in [-0.25, -0.2) is 0 Å². The van der Waals surface area contributed by atoms with Crippen LogP contribution in [-0.4, -0.2) is 25.3 Å². The van der Waals surface area contributed by atoms with Gasteiger partial charge in [0.15, 0.2) is 0 Å². The van der Waals surface area contributed by atoms with Gasteiger partial charge >= 0.3 is 0 Å². The van der Waals surface area contributed by atoms with Crippen molar-refractivity contribution in [3.63, 3.8) is 0 Å². The molecule has 1 fully saturated rings. The highest BCUT2D eigenvalue weighted by Crippen LogP contribution is 2.10. The van der Waals surface area contributed by atoms with Crippen molar-refractivity contribution in [3.8, 4) is 11.8 Å². The summed E-state index contributed by atoms with van der Waals surface area (Å²) in [7, 11) is 0. The summed E-state index contributed by atoms with van der Waals surface area (Å²) in [6.45, 7) is 8.77. The Kier molecular flexibility index (Phi) is 3.13. The summed E-state index contributed by atoms with van der Waals surface area (Å²) in [6, 6.07) is 0. The Morgan fingerprint density at radius 1 is 1.58 bits per heavy atom. The van der Waals surface area contributed by atoms with Gasteiger partial charge in [0.05, 0.1) is 6.61 Å². The molecule has 1 unspecified atom stereocenters. The zero-order valence-corrected chi connectivity index (χ0v) is 8.11. The standard InChI is InChI=1S/C10H17NO.H2/c1-9(2)4-5-10(3)8-11-6-7-12-10;/h9,11H,6-8H2,1-3H3;1H. The van der Waals surface area contributed by atoms with Crippen LogP contribution in [0, 0.1) is 17.8 Å². The molecule has 0 aliphatic carbocycles. The number of nitrogens with one attached hydrogen (secondary N) is 1. The van der Waals surface area contributed by atoms with Crippen LogP contribution in [0.5, 0.6) is 0 Å². The van der Waals surface area contributed by atoms with Crippen LogP contribution < -0.4 is 5.32 Å². The number of morpholine rings is 1. The van der Waals surface area contributed by atoms with Gasteiger partial charge in [-0.15, -0.1) is 0 Å². The van der Waals surface area contributed by atoms with Crippen LogP contribution in [0.4, 0.5) is 0 Å². The molecular formula is C10H19NO. The summed E-state index contributed by atoms with van der Waals surface area (Å²) < 4.78 is 5.58. The molecule has 12 heavy (non-hydrogen) atoms. The molecule has 70 valence electrons. The number of rotatable bonds is 0. The molecule has 1 heterocycles. The Balaban J connectivity index is 0.00000144. The monoisotopic (exact) mass is 169 g/mol. The minimum atomic E-state index is -0.261. The number of hydrogen-bond donors (Lipinski definition) is 1. The van der Waals surface area contributed by atoms with Gasteiger partial charge in [0, 0.05) is 20.4 Å². The summed E-state index contributed by atoms with van der Waals surface area (Å²) in [5.74, 6) is 6.73. The van der Waals surface area contributed by atoms with E-state index in [0.717, 1.165) is 19.7 Å². The van der Waals surface area contributed by atoms with E-state index in [-0.39, 0.29) is 7.03 Å². The lowest BCUT2D eigenvalue weighted by Crippen LogP contribution is -2.46. The molecule has 0 amide bonds. The lowest BCUT2D eigenvalue weighted by molar-refractivity contribution is -0.00991. The van der Waals surface area contributed by atoms with Gasteiger partial charge in [0.1, 0.15) is 5.60 Å². The van der Waals surface area contributed by atoms with Crippen LogP contribution in [0.2, 0.25) is 0 Å². The van der Waals surface area contributed by atoms with Crippen LogP contribution in [0.1, 0.15) is 22.2 Å². The fraction of sp³-hybridized carbons (Fsp3) is 0.800. The van der Waals surface area contributed by atoms with Crippen molar-refractivity contribution in [1.82, 2.24) is 5.32 Å². The predicted molar refractivity (Wildman–Crippen MR) is 52.0 cm³/mol. The van der Waals surface area contributed by atoms with E-state index in [1.807, 2.05) is 6.92 Å². The highest BCUT2D eigenvalue weighted by atomic mass is 16.5. The molecule has 0 bridgehead atoms. The van der Waals surface area contributed by atoms with Gasteiger partial charge in [0.2, 0.25) is 0 Å². The highest BCUT2D eigenvalue weighted by Gasteiger charge is 2.24. The Bertz CT molecular complexity index is 199. The maximum atomic E-state index is 5.58. The quantitative estimate of drug-likeness (QED) is 0.551.